The molecule has 0 heterocycles. The maximum Gasteiger partial charge on any atom is 0.321 e. The molecule has 0 fully saturated rings. The van der Waals surface area contributed by atoms with Gasteiger partial charge in [-0.15, -0.1) is 11.8 Å². The van der Waals surface area contributed by atoms with E-state index >= 15 is 0 Å². The molecule has 31 heavy (non-hydrogen) atoms. The van der Waals surface area contributed by atoms with Crippen LogP contribution in [0.4, 0.5) is 0 Å². The highest BCUT2D eigenvalue weighted by Gasteiger charge is 2.20. The van der Waals surface area contributed by atoms with E-state index in [4.69, 9.17) is 15.9 Å². The van der Waals surface area contributed by atoms with Gasteiger partial charge >= 0.3 is 11.9 Å². The highest BCUT2D eigenvalue weighted by Crippen LogP contribution is 2.21. The number of thioether (sulfide) groups is 1. The summed E-state index contributed by atoms with van der Waals surface area (Å²) in [6, 6.07) is -1.03. The molecule has 0 aromatic heterocycles. The predicted octanol–water partition coefficient (Wildman–Crippen LogP) is 3.28. The van der Waals surface area contributed by atoms with Gasteiger partial charge < -0.3 is 26.2 Å². The smallest absolute Gasteiger partial charge is 0.321 e. The van der Waals surface area contributed by atoms with Gasteiger partial charge in [0, 0.05) is 17.4 Å². The number of aliphatic hydroxyl groups is 2. The molecule has 0 bridgehead atoms. The summed E-state index contributed by atoms with van der Waals surface area (Å²) in [5, 5.41) is 37.4. The average molecular weight is 456 g/mol. The lowest BCUT2D eigenvalue weighted by atomic mass is 10.1. The van der Waals surface area contributed by atoms with Gasteiger partial charge in [-0.2, -0.15) is 0 Å². The number of hydrogen-bond donors (Lipinski definition) is 5. The van der Waals surface area contributed by atoms with Crippen LogP contribution >= 0.6 is 11.8 Å². The Labute approximate surface area is 189 Å². The van der Waals surface area contributed by atoms with E-state index in [2.05, 4.69) is 6.92 Å². The molecule has 0 saturated heterocycles. The van der Waals surface area contributed by atoms with Gasteiger partial charge in [0.25, 0.3) is 0 Å². The molecule has 0 aliphatic carbocycles. The van der Waals surface area contributed by atoms with Crippen molar-refractivity contribution in [2.45, 2.75) is 75.4 Å². The third kappa shape index (κ3) is 17.5. The predicted molar refractivity (Wildman–Crippen MR) is 126 cm³/mol. The van der Waals surface area contributed by atoms with Crippen LogP contribution in [-0.4, -0.2) is 61.6 Å². The molecule has 0 aromatic rings. The summed E-state index contributed by atoms with van der Waals surface area (Å²) >= 11 is 1.23. The van der Waals surface area contributed by atoms with Crippen LogP contribution in [0.1, 0.15) is 51.9 Å². The molecule has 0 radical (unpaired) electrons. The SMILES string of the molecule is CCCCC[C@H](O)/C=C/C=C\C=C\C=C\[C@@H](SC[C@H](N)C(=O)O)[C@@H](O)CCCC(=O)O. The van der Waals surface area contributed by atoms with E-state index in [1.165, 1.54) is 11.8 Å². The molecular formula is C23H37NO6S. The van der Waals surface area contributed by atoms with Crippen molar-refractivity contribution in [2.75, 3.05) is 5.75 Å². The van der Waals surface area contributed by atoms with Crippen molar-refractivity contribution in [2.24, 2.45) is 5.73 Å². The number of carboxylic acids is 2. The monoisotopic (exact) mass is 455 g/mol. The number of aliphatic hydroxyl groups excluding tert-OH is 2. The minimum Gasteiger partial charge on any atom is -0.481 e. The highest BCUT2D eigenvalue weighted by molar-refractivity contribution is 8.00. The summed E-state index contributed by atoms with van der Waals surface area (Å²) < 4.78 is 0. The van der Waals surface area contributed by atoms with Crippen LogP contribution in [0.2, 0.25) is 0 Å². The van der Waals surface area contributed by atoms with Crippen LogP contribution in [-0.2, 0) is 9.59 Å². The molecule has 4 atom stereocenters. The van der Waals surface area contributed by atoms with Crippen molar-refractivity contribution in [3.63, 3.8) is 0 Å². The minimum absolute atomic E-state index is 0.0294. The molecule has 0 rings (SSSR count). The summed E-state index contributed by atoms with van der Waals surface area (Å²) in [7, 11) is 0. The van der Waals surface area contributed by atoms with Crippen molar-refractivity contribution in [3.05, 3.63) is 48.6 Å². The zero-order valence-corrected chi connectivity index (χ0v) is 19.0. The van der Waals surface area contributed by atoms with Crippen LogP contribution in [0.15, 0.2) is 48.6 Å². The van der Waals surface area contributed by atoms with Crippen molar-refractivity contribution in [1.29, 1.82) is 0 Å². The van der Waals surface area contributed by atoms with Crippen LogP contribution in [0, 0.1) is 0 Å². The van der Waals surface area contributed by atoms with Crippen LogP contribution < -0.4 is 5.73 Å². The Morgan fingerprint density at radius 1 is 0.903 bits per heavy atom. The zero-order valence-electron chi connectivity index (χ0n) is 18.2. The standard InChI is InChI=1S/C23H37NO6S/c1-2-3-8-12-18(25)13-9-6-4-5-7-10-15-21(31-17-19(24)23(29)30)20(26)14-11-16-22(27)28/h4-7,9-10,13,15,18-21,25-26H,2-3,8,11-12,14,16-17,24H2,1H3,(H,27,28)(H,29,30)/b6-4-,7-5+,13-9+,15-10+/t18-,19-,20-,21+/m0/s1. The second-order valence-electron chi connectivity index (χ2n) is 7.20. The largest absolute Gasteiger partial charge is 0.481 e. The van der Waals surface area contributed by atoms with Crippen LogP contribution in [0.25, 0.3) is 0 Å². The van der Waals surface area contributed by atoms with Crippen molar-refractivity contribution in [3.8, 4) is 0 Å². The van der Waals surface area contributed by atoms with Crippen molar-refractivity contribution in [1.82, 2.24) is 0 Å². The summed E-state index contributed by atoms with van der Waals surface area (Å²) in [4.78, 5) is 21.5. The zero-order chi connectivity index (χ0) is 23.5. The van der Waals surface area contributed by atoms with Crippen molar-refractivity contribution < 1.29 is 30.0 Å². The molecule has 0 aliphatic heterocycles. The van der Waals surface area contributed by atoms with E-state index in [0.29, 0.717) is 12.8 Å². The quantitative estimate of drug-likeness (QED) is 0.157. The van der Waals surface area contributed by atoms with E-state index in [-0.39, 0.29) is 12.2 Å². The molecule has 176 valence electrons. The lowest BCUT2D eigenvalue weighted by molar-refractivity contribution is -0.138. The Bertz CT molecular complexity index is 617. The third-order valence-electron chi connectivity index (χ3n) is 4.35. The summed E-state index contributed by atoms with van der Waals surface area (Å²) in [5.74, 6) is -1.89. The van der Waals surface area contributed by atoms with Gasteiger partial charge in [0.15, 0.2) is 0 Å². The maximum atomic E-state index is 10.9. The number of carbonyl (C=O) groups is 2. The molecule has 0 unspecified atom stereocenters. The van der Waals surface area contributed by atoms with Gasteiger partial charge in [0.1, 0.15) is 6.04 Å². The van der Waals surface area contributed by atoms with Gasteiger partial charge in [-0.25, -0.2) is 0 Å². The van der Waals surface area contributed by atoms with Crippen LogP contribution in [0.5, 0.6) is 0 Å². The van der Waals surface area contributed by atoms with Gasteiger partial charge in [0.05, 0.1) is 12.2 Å². The van der Waals surface area contributed by atoms with E-state index in [1.807, 2.05) is 12.2 Å². The van der Waals surface area contributed by atoms with E-state index < -0.39 is 35.4 Å². The number of rotatable bonds is 18. The fourth-order valence-electron chi connectivity index (χ4n) is 2.53. The molecule has 0 spiro atoms. The fourth-order valence-corrected chi connectivity index (χ4v) is 3.66. The first kappa shape index (κ1) is 29.1. The fraction of sp³-hybridized carbons (Fsp3) is 0.565. The number of unbranched alkanes of at least 4 members (excludes halogenated alkanes) is 2. The maximum absolute atomic E-state index is 10.9. The molecule has 8 heteroatoms. The van der Waals surface area contributed by atoms with Crippen molar-refractivity contribution >= 4 is 23.7 Å². The number of aliphatic carboxylic acids is 2. The Kier molecular flexibility index (Phi) is 17.7. The number of allylic oxidation sites excluding steroid dienone is 6. The second-order valence-corrected chi connectivity index (χ2v) is 8.41. The van der Waals surface area contributed by atoms with Crippen LogP contribution in [0.3, 0.4) is 0 Å². The van der Waals surface area contributed by atoms with Gasteiger partial charge in [-0.05, 0) is 19.3 Å². The molecule has 7 nitrogen and oxygen atoms in total. The normalized spacial score (nSPS) is 16.4. The average Bonchev–Trinajstić information content (AvgIpc) is 2.71. The van der Waals surface area contributed by atoms with Gasteiger partial charge in [-0.1, -0.05) is 74.8 Å². The topological polar surface area (TPSA) is 141 Å². The molecule has 0 aromatic carbocycles. The number of hydrogen-bond acceptors (Lipinski definition) is 6. The molecule has 0 amide bonds. The summed E-state index contributed by atoms with van der Waals surface area (Å²) in [6.07, 6.45) is 17.6. The lowest BCUT2D eigenvalue weighted by Gasteiger charge is -2.20. The third-order valence-corrected chi connectivity index (χ3v) is 5.76. The van der Waals surface area contributed by atoms with Gasteiger partial charge in [-0.3, -0.25) is 9.59 Å². The summed E-state index contributed by atoms with van der Waals surface area (Å²) in [6.45, 7) is 2.12. The molecular weight excluding hydrogens is 418 g/mol. The van der Waals surface area contributed by atoms with E-state index in [9.17, 15) is 19.8 Å². The first-order valence-corrected chi connectivity index (χ1v) is 11.7. The lowest BCUT2D eigenvalue weighted by Crippen LogP contribution is -2.34. The Hall–Kier alpha value is -1.87. The Balaban J connectivity index is 4.63. The van der Waals surface area contributed by atoms with E-state index in [1.54, 1.807) is 36.5 Å². The Morgan fingerprint density at radius 2 is 1.52 bits per heavy atom. The summed E-state index contributed by atoms with van der Waals surface area (Å²) in [5.41, 5.74) is 5.53. The number of carboxylic acid groups (broad SMARTS) is 2. The number of nitrogens with two attached hydrogens (primary N) is 1. The molecule has 0 saturated carbocycles. The highest BCUT2D eigenvalue weighted by atomic mass is 32.2. The molecule has 6 N–H and O–H groups in total. The first-order valence-electron chi connectivity index (χ1n) is 10.6. The van der Waals surface area contributed by atoms with E-state index in [0.717, 1.165) is 25.7 Å². The minimum atomic E-state index is -1.11. The van der Waals surface area contributed by atoms with Gasteiger partial charge in [0.2, 0.25) is 0 Å². The Morgan fingerprint density at radius 3 is 2.10 bits per heavy atom. The second kappa shape index (κ2) is 18.9. The molecule has 0 aliphatic rings. The first-order chi connectivity index (χ1) is 14.8.